The second kappa shape index (κ2) is 7.67. The lowest BCUT2D eigenvalue weighted by atomic mass is 9.90. The van der Waals surface area contributed by atoms with Crippen LogP contribution in [0.3, 0.4) is 0 Å². The molecule has 2 nitrogen and oxygen atoms in total. The van der Waals surface area contributed by atoms with Crippen LogP contribution >= 0.6 is 27.5 Å². The van der Waals surface area contributed by atoms with Gasteiger partial charge in [-0.25, -0.2) is 0 Å². The molecule has 1 aliphatic heterocycles. The number of rotatable bonds is 5. The predicted octanol–water partition coefficient (Wildman–Crippen LogP) is 5.02. The van der Waals surface area contributed by atoms with Crippen LogP contribution in [0, 0.1) is 5.92 Å². The van der Waals surface area contributed by atoms with E-state index in [9.17, 15) is 0 Å². The highest BCUT2D eigenvalue weighted by molar-refractivity contribution is 9.10. The van der Waals surface area contributed by atoms with E-state index < -0.39 is 0 Å². The molecule has 0 aliphatic carbocycles. The maximum absolute atomic E-state index is 6.14. The molecule has 1 atom stereocenters. The SMILES string of the molecule is CCCN1CCC(C(C)Nc2ccc(Br)c(Cl)c2)CC1. The minimum Gasteiger partial charge on any atom is -0.382 e. The first-order valence-corrected chi connectivity index (χ1v) is 8.71. The third kappa shape index (κ3) is 4.37. The molecule has 1 unspecified atom stereocenters. The molecule has 0 bridgehead atoms. The van der Waals surface area contributed by atoms with E-state index in [2.05, 4.69) is 46.1 Å². The summed E-state index contributed by atoms with van der Waals surface area (Å²) in [5.41, 5.74) is 1.11. The van der Waals surface area contributed by atoms with Crippen molar-refractivity contribution in [3.63, 3.8) is 0 Å². The maximum atomic E-state index is 6.14. The lowest BCUT2D eigenvalue weighted by molar-refractivity contribution is 0.176. The van der Waals surface area contributed by atoms with Crippen molar-refractivity contribution in [1.29, 1.82) is 0 Å². The molecule has 1 saturated heterocycles. The van der Waals surface area contributed by atoms with E-state index in [1.165, 1.54) is 38.9 Å². The van der Waals surface area contributed by atoms with Gasteiger partial charge < -0.3 is 10.2 Å². The Balaban J connectivity index is 1.86. The van der Waals surface area contributed by atoms with E-state index in [-0.39, 0.29) is 0 Å². The van der Waals surface area contributed by atoms with E-state index in [1.807, 2.05) is 12.1 Å². The Morgan fingerprint density at radius 1 is 1.40 bits per heavy atom. The minimum absolute atomic E-state index is 0.496. The third-order valence-electron chi connectivity index (χ3n) is 4.19. The van der Waals surface area contributed by atoms with Crippen LogP contribution in [0.25, 0.3) is 0 Å². The first-order valence-electron chi connectivity index (χ1n) is 7.54. The van der Waals surface area contributed by atoms with Gasteiger partial charge in [-0.2, -0.15) is 0 Å². The van der Waals surface area contributed by atoms with Crippen LogP contribution in [0.4, 0.5) is 5.69 Å². The van der Waals surface area contributed by atoms with Gasteiger partial charge in [0.25, 0.3) is 0 Å². The highest BCUT2D eigenvalue weighted by atomic mass is 79.9. The van der Waals surface area contributed by atoms with Crippen LogP contribution in [-0.4, -0.2) is 30.6 Å². The summed E-state index contributed by atoms with van der Waals surface area (Å²) >= 11 is 9.57. The third-order valence-corrected chi connectivity index (χ3v) is 5.43. The second-order valence-corrected chi connectivity index (χ2v) is 7.00. The van der Waals surface area contributed by atoms with Crippen molar-refractivity contribution >= 4 is 33.2 Å². The fraction of sp³-hybridized carbons (Fsp3) is 0.625. The Kier molecular flexibility index (Phi) is 6.19. The van der Waals surface area contributed by atoms with Gasteiger partial charge in [0.15, 0.2) is 0 Å². The summed E-state index contributed by atoms with van der Waals surface area (Å²) in [4.78, 5) is 2.58. The number of nitrogens with zero attached hydrogens (tertiary/aromatic N) is 1. The monoisotopic (exact) mass is 358 g/mol. The smallest absolute Gasteiger partial charge is 0.0568 e. The van der Waals surface area contributed by atoms with Crippen LogP contribution in [-0.2, 0) is 0 Å². The summed E-state index contributed by atoms with van der Waals surface area (Å²) < 4.78 is 0.949. The number of halogens is 2. The van der Waals surface area contributed by atoms with Crippen LogP contribution in [0.15, 0.2) is 22.7 Å². The van der Waals surface area contributed by atoms with Crippen molar-refractivity contribution in [3.05, 3.63) is 27.7 Å². The van der Waals surface area contributed by atoms with E-state index in [0.717, 1.165) is 21.1 Å². The zero-order valence-corrected chi connectivity index (χ0v) is 14.7. The molecule has 0 aromatic heterocycles. The summed E-state index contributed by atoms with van der Waals surface area (Å²) in [6.45, 7) is 8.28. The number of hydrogen-bond donors (Lipinski definition) is 1. The van der Waals surface area contributed by atoms with Crippen LogP contribution < -0.4 is 5.32 Å². The van der Waals surface area contributed by atoms with Gasteiger partial charge in [-0.1, -0.05) is 18.5 Å². The molecule has 1 aromatic carbocycles. The number of likely N-dealkylation sites (tertiary alicyclic amines) is 1. The fourth-order valence-electron chi connectivity index (χ4n) is 2.96. The number of nitrogens with one attached hydrogen (secondary N) is 1. The van der Waals surface area contributed by atoms with Crippen molar-refractivity contribution in [2.24, 2.45) is 5.92 Å². The highest BCUT2D eigenvalue weighted by Crippen LogP contribution is 2.28. The maximum Gasteiger partial charge on any atom is 0.0568 e. The van der Waals surface area contributed by atoms with Crippen molar-refractivity contribution in [2.45, 2.75) is 39.2 Å². The molecular weight excluding hydrogens is 336 g/mol. The molecule has 1 heterocycles. The number of piperidine rings is 1. The molecule has 0 radical (unpaired) electrons. The predicted molar refractivity (Wildman–Crippen MR) is 91.7 cm³/mol. The molecule has 1 aliphatic rings. The van der Waals surface area contributed by atoms with Gasteiger partial charge in [0.05, 0.1) is 5.02 Å². The number of benzene rings is 1. The molecule has 4 heteroatoms. The Hall–Kier alpha value is -0.250. The van der Waals surface area contributed by atoms with Gasteiger partial charge in [0, 0.05) is 16.2 Å². The topological polar surface area (TPSA) is 15.3 Å². The molecule has 20 heavy (non-hydrogen) atoms. The van der Waals surface area contributed by atoms with Gasteiger partial charge >= 0.3 is 0 Å². The van der Waals surface area contributed by atoms with Gasteiger partial charge in [0.2, 0.25) is 0 Å². The summed E-state index contributed by atoms with van der Waals surface area (Å²) in [7, 11) is 0. The Morgan fingerprint density at radius 3 is 2.70 bits per heavy atom. The van der Waals surface area contributed by atoms with E-state index >= 15 is 0 Å². The molecule has 0 spiro atoms. The fourth-order valence-corrected chi connectivity index (χ4v) is 3.39. The Labute approximate surface area is 136 Å². The van der Waals surface area contributed by atoms with Crippen LogP contribution in [0.5, 0.6) is 0 Å². The Bertz CT molecular complexity index is 430. The first kappa shape index (κ1) is 16.1. The lowest BCUT2D eigenvalue weighted by Gasteiger charge is -2.35. The normalized spacial score (nSPS) is 19.0. The highest BCUT2D eigenvalue weighted by Gasteiger charge is 2.23. The molecule has 0 saturated carbocycles. The summed E-state index contributed by atoms with van der Waals surface area (Å²) in [6, 6.07) is 6.57. The zero-order chi connectivity index (χ0) is 14.5. The lowest BCUT2D eigenvalue weighted by Crippen LogP contribution is -2.39. The minimum atomic E-state index is 0.496. The largest absolute Gasteiger partial charge is 0.382 e. The summed E-state index contributed by atoms with van der Waals surface area (Å²) in [5.74, 6) is 0.755. The molecule has 112 valence electrons. The van der Waals surface area contributed by atoms with E-state index in [0.29, 0.717) is 6.04 Å². The molecular formula is C16H24BrClN2. The second-order valence-electron chi connectivity index (χ2n) is 5.74. The molecule has 1 aromatic rings. The van der Waals surface area contributed by atoms with Crippen molar-refractivity contribution in [1.82, 2.24) is 4.90 Å². The first-order chi connectivity index (χ1) is 9.60. The summed E-state index contributed by atoms with van der Waals surface area (Å²) in [6.07, 6.45) is 3.84. The standard InChI is InChI=1S/C16H24BrClN2/c1-3-8-20-9-6-13(7-10-20)12(2)19-14-4-5-15(17)16(18)11-14/h4-5,11-13,19H,3,6-10H2,1-2H3. The van der Waals surface area contributed by atoms with E-state index in [4.69, 9.17) is 11.6 Å². The molecule has 2 rings (SSSR count). The van der Waals surface area contributed by atoms with Gasteiger partial charge in [-0.3, -0.25) is 0 Å². The summed E-state index contributed by atoms with van der Waals surface area (Å²) in [5, 5.41) is 4.37. The average molecular weight is 360 g/mol. The van der Waals surface area contributed by atoms with Gasteiger partial charge in [0.1, 0.15) is 0 Å². The van der Waals surface area contributed by atoms with Gasteiger partial charge in [-0.05, 0) is 85.9 Å². The van der Waals surface area contributed by atoms with Crippen molar-refractivity contribution in [2.75, 3.05) is 25.0 Å². The van der Waals surface area contributed by atoms with Crippen LogP contribution in [0.2, 0.25) is 5.02 Å². The number of anilines is 1. The zero-order valence-electron chi connectivity index (χ0n) is 12.3. The number of hydrogen-bond acceptors (Lipinski definition) is 2. The quantitative estimate of drug-likeness (QED) is 0.793. The van der Waals surface area contributed by atoms with Gasteiger partial charge in [-0.15, -0.1) is 0 Å². The van der Waals surface area contributed by atoms with Crippen LogP contribution in [0.1, 0.15) is 33.1 Å². The van der Waals surface area contributed by atoms with Crippen molar-refractivity contribution in [3.8, 4) is 0 Å². The molecule has 1 fully saturated rings. The molecule has 1 N–H and O–H groups in total. The average Bonchev–Trinajstić information content (AvgIpc) is 2.44. The van der Waals surface area contributed by atoms with Crippen molar-refractivity contribution < 1.29 is 0 Å². The van der Waals surface area contributed by atoms with E-state index in [1.54, 1.807) is 0 Å². The molecule has 0 amide bonds. The Morgan fingerprint density at radius 2 is 2.10 bits per heavy atom.